The molecule has 10 atom stereocenters. The van der Waals surface area contributed by atoms with Crippen LogP contribution >= 0.6 is 0 Å². The quantitative estimate of drug-likeness (QED) is 0.297. The van der Waals surface area contributed by atoms with E-state index in [1.807, 2.05) is 0 Å². The van der Waals surface area contributed by atoms with Gasteiger partial charge in [-0.05, 0) is 93.1 Å². The molecule has 1 aromatic rings. The second-order valence-electron chi connectivity index (χ2n) is 18.0. The fourth-order valence-electron chi connectivity index (χ4n) is 11.3. The number of aliphatic hydroxyl groups is 1. The number of hydrogen-bond acceptors (Lipinski definition) is 9. The van der Waals surface area contributed by atoms with E-state index in [4.69, 9.17) is 23.8 Å². The highest BCUT2D eigenvalue weighted by atomic mass is 16.8. The Morgan fingerprint density at radius 2 is 1.72 bits per heavy atom. The van der Waals surface area contributed by atoms with Crippen LogP contribution in [0.5, 0.6) is 0 Å². The minimum atomic E-state index is -1.21. The van der Waals surface area contributed by atoms with E-state index in [1.165, 1.54) is 18.4 Å². The first-order chi connectivity index (χ1) is 24.0. The lowest BCUT2D eigenvalue weighted by Gasteiger charge is -2.53. The standard InChI is InChI=1S/C40H52N2O8/c1-37(2)19-27-24(8-13-30-38(3,47-30)15-14-28(27)37)18-22-4-6-23(7-5-22)21-42-33-35(44)46-29-20-39(33,36(45)41-16-17-43)34(50-42)32-31(29)48-40(49-32,25-9-10-25)26-11-12-26/h4-7,18,25-34,43H,8-17,19-21H2,1-3H3,(H,41,45). The van der Waals surface area contributed by atoms with E-state index >= 15 is 0 Å². The Labute approximate surface area is 294 Å². The van der Waals surface area contributed by atoms with E-state index in [1.54, 1.807) is 10.6 Å². The number of nitrogens with one attached hydrogen (secondary N) is 1. The average Bonchev–Trinajstić information content (AvgIpc) is 4.03. The summed E-state index contributed by atoms with van der Waals surface area (Å²) >= 11 is 0. The number of rotatable bonds is 8. The molecule has 10 heteroatoms. The van der Waals surface area contributed by atoms with Crippen molar-refractivity contribution in [3.63, 3.8) is 0 Å². The van der Waals surface area contributed by atoms with Crippen LogP contribution in [0.4, 0.5) is 0 Å². The second kappa shape index (κ2) is 11.1. The van der Waals surface area contributed by atoms with Crippen molar-refractivity contribution in [2.45, 2.75) is 139 Å². The highest BCUT2D eigenvalue weighted by Gasteiger charge is 2.78. The lowest BCUT2D eigenvalue weighted by atomic mass is 9.52. The predicted octanol–water partition coefficient (Wildman–Crippen LogP) is 4.67. The van der Waals surface area contributed by atoms with Gasteiger partial charge in [0.1, 0.15) is 29.8 Å². The number of ether oxygens (including phenoxy) is 4. The monoisotopic (exact) mass is 688 g/mol. The van der Waals surface area contributed by atoms with Gasteiger partial charge in [0.05, 0.1) is 24.9 Å². The number of epoxide rings is 1. The van der Waals surface area contributed by atoms with E-state index < -0.39 is 47.6 Å². The Hall–Kier alpha value is -2.34. The fraction of sp³-hybridized carbons (Fsp3) is 0.750. The normalized spacial score (nSPS) is 44.5. The van der Waals surface area contributed by atoms with Crippen molar-refractivity contribution in [3.05, 3.63) is 41.0 Å². The van der Waals surface area contributed by atoms with Crippen LogP contribution in [0.1, 0.15) is 96.1 Å². The molecule has 270 valence electrons. The van der Waals surface area contributed by atoms with E-state index in [-0.39, 0.29) is 24.7 Å². The highest BCUT2D eigenvalue weighted by Crippen LogP contribution is 2.64. The summed E-state index contributed by atoms with van der Waals surface area (Å²) in [5.74, 6) is 0.527. The molecule has 10 rings (SSSR count). The van der Waals surface area contributed by atoms with E-state index in [2.05, 4.69) is 56.4 Å². The van der Waals surface area contributed by atoms with Gasteiger partial charge in [-0.3, -0.25) is 14.4 Å². The number of hydrogen-bond donors (Lipinski definition) is 2. The number of carbonyl (C=O) groups is 2. The summed E-state index contributed by atoms with van der Waals surface area (Å²) < 4.78 is 26.0. The SMILES string of the molecule is CC1(C)CC2C(=Cc3ccc(CN4OC5C6OC(C7CC7)(C7CC7)OC6C6CC5(C(=O)NCCO)C4C(=O)O6)cc3)CCC3OC3(C)CCC21. The summed E-state index contributed by atoms with van der Waals surface area (Å²) in [6.45, 7) is 7.37. The van der Waals surface area contributed by atoms with Gasteiger partial charge in [0.15, 0.2) is 11.8 Å². The van der Waals surface area contributed by atoms with Gasteiger partial charge in [0.25, 0.3) is 0 Å². The molecule has 2 bridgehead atoms. The summed E-state index contributed by atoms with van der Waals surface area (Å²) in [4.78, 5) is 34.8. The van der Waals surface area contributed by atoms with Gasteiger partial charge >= 0.3 is 5.97 Å². The molecule has 50 heavy (non-hydrogen) atoms. The molecule has 1 amide bonds. The first kappa shape index (κ1) is 32.3. The lowest BCUT2D eigenvalue weighted by Crippen LogP contribution is -2.69. The maximum atomic E-state index is 14.1. The molecule has 0 radical (unpaired) electrons. The molecule has 9 aliphatic rings. The lowest BCUT2D eigenvalue weighted by molar-refractivity contribution is -0.235. The Morgan fingerprint density at radius 3 is 2.42 bits per heavy atom. The molecule has 1 aromatic carbocycles. The van der Waals surface area contributed by atoms with Gasteiger partial charge in [-0.2, -0.15) is 5.06 Å². The van der Waals surface area contributed by atoms with Crippen LogP contribution in [0.25, 0.3) is 6.08 Å². The summed E-state index contributed by atoms with van der Waals surface area (Å²) in [7, 11) is 0. The number of fused-ring (bicyclic) bond motifs is 6. The molecular formula is C40H52N2O8. The van der Waals surface area contributed by atoms with Crippen LogP contribution in [0, 0.1) is 34.5 Å². The molecular weight excluding hydrogens is 636 g/mol. The van der Waals surface area contributed by atoms with E-state index in [0.29, 0.717) is 48.2 Å². The van der Waals surface area contributed by atoms with Gasteiger partial charge < -0.3 is 29.4 Å². The first-order valence-electron chi connectivity index (χ1n) is 19.4. The minimum Gasteiger partial charge on any atom is -0.458 e. The number of benzene rings is 1. The van der Waals surface area contributed by atoms with Crippen molar-refractivity contribution in [2.24, 2.45) is 34.5 Å². The molecule has 10 unspecified atom stereocenters. The molecule has 4 saturated heterocycles. The van der Waals surface area contributed by atoms with Crippen molar-refractivity contribution in [1.29, 1.82) is 0 Å². The summed E-state index contributed by atoms with van der Waals surface area (Å²) in [6, 6.07) is 7.61. The second-order valence-corrected chi connectivity index (χ2v) is 18.0. The topological polar surface area (TPSA) is 119 Å². The molecule has 5 saturated carbocycles. The van der Waals surface area contributed by atoms with Crippen LogP contribution < -0.4 is 5.32 Å². The van der Waals surface area contributed by atoms with Crippen molar-refractivity contribution < 1.29 is 38.5 Å². The van der Waals surface area contributed by atoms with Crippen LogP contribution in [-0.4, -0.2) is 83.1 Å². The highest BCUT2D eigenvalue weighted by molar-refractivity contribution is 5.93. The number of esters is 1. The van der Waals surface area contributed by atoms with Crippen molar-refractivity contribution >= 4 is 18.0 Å². The maximum Gasteiger partial charge on any atom is 0.327 e. The fourth-order valence-corrected chi connectivity index (χ4v) is 11.3. The van der Waals surface area contributed by atoms with Crippen LogP contribution in [0.2, 0.25) is 0 Å². The number of allylic oxidation sites excluding steroid dienone is 1. The number of carbonyl (C=O) groups excluding carboxylic acids is 2. The molecule has 4 heterocycles. The number of hydroxylamine groups is 2. The Balaban J connectivity index is 0.921. The van der Waals surface area contributed by atoms with Crippen molar-refractivity contribution in [3.8, 4) is 0 Å². The zero-order valence-corrected chi connectivity index (χ0v) is 29.6. The van der Waals surface area contributed by atoms with Gasteiger partial charge in [-0.15, -0.1) is 0 Å². The smallest absolute Gasteiger partial charge is 0.327 e. The summed E-state index contributed by atoms with van der Waals surface area (Å²) in [6.07, 6.45) is 10.8. The summed E-state index contributed by atoms with van der Waals surface area (Å²) in [5, 5.41) is 14.1. The number of aliphatic hydroxyl groups excluding tert-OH is 1. The largest absolute Gasteiger partial charge is 0.458 e. The van der Waals surface area contributed by atoms with Crippen molar-refractivity contribution in [1.82, 2.24) is 10.4 Å². The molecule has 4 aliphatic heterocycles. The molecule has 10 nitrogen and oxygen atoms in total. The minimum absolute atomic E-state index is 0.0710. The van der Waals surface area contributed by atoms with E-state index in [0.717, 1.165) is 50.5 Å². The third-order valence-corrected chi connectivity index (χ3v) is 14.4. The third-order valence-electron chi connectivity index (χ3n) is 14.4. The predicted molar refractivity (Wildman–Crippen MR) is 181 cm³/mol. The Kier molecular flexibility index (Phi) is 7.17. The zero-order chi connectivity index (χ0) is 34.2. The number of nitrogens with zero attached hydrogens (tertiary/aromatic N) is 1. The van der Waals surface area contributed by atoms with Crippen LogP contribution in [-0.2, 0) is 39.9 Å². The molecule has 0 aromatic heterocycles. The zero-order valence-electron chi connectivity index (χ0n) is 29.6. The van der Waals surface area contributed by atoms with Crippen LogP contribution in [0.15, 0.2) is 29.8 Å². The average molecular weight is 689 g/mol. The van der Waals surface area contributed by atoms with Gasteiger partial charge in [0, 0.05) is 24.8 Å². The molecule has 5 aliphatic carbocycles. The molecule has 0 spiro atoms. The maximum absolute atomic E-state index is 14.1. The summed E-state index contributed by atoms with van der Waals surface area (Å²) in [5.41, 5.74) is 2.94. The Morgan fingerprint density at radius 1 is 0.980 bits per heavy atom. The van der Waals surface area contributed by atoms with E-state index in [9.17, 15) is 14.7 Å². The van der Waals surface area contributed by atoms with Gasteiger partial charge in [-0.25, -0.2) is 0 Å². The van der Waals surface area contributed by atoms with Gasteiger partial charge in [-0.1, -0.05) is 49.8 Å². The Bertz CT molecular complexity index is 1590. The van der Waals surface area contributed by atoms with Crippen molar-refractivity contribution in [2.75, 3.05) is 13.2 Å². The van der Waals surface area contributed by atoms with Crippen LogP contribution in [0.3, 0.4) is 0 Å². The number of amides is 1. The van der Waals surface area contributed by atoms with Gasteiger partial charge in [0.2, 0.25) is 5.91 Å². The third kappa shape index (κ3) is 4.81. The first-order valence-corrected chi connectivity index (χ1v) is 19.4. The molecule has 9 fully saturated rings. The molecule has 2 N–H and O–H groups in total.